The quantitative estimate of drug-likeness (QED) is 0.199. The summed E-state index contributed by atoms with van der Waals surface area (Å²) in [5.41, 5.74) is 8.44. The third-order valence-electron chi connectivity index (χ3n) is 22.0. The van der Waals surface area contributed by atoms with E-state index < -0.39 is 0 Å². The summed E-state index contributed by atoms with van der Waals surface area (Å²) in [4.78, 5) is 0. The highest BCUT2D eigenvalue weighted by Crippen LogP contribution is 2.54. The Morgan fingerprint density at radius 2 is 0.663 bits per heavy atom. The van der Waals surface area contributed by atoms with Crippen molar-refractivity contribution in [3.63, 3.8) is 0 Å². The van der Waals surface area contributed by atoms with Gasteiger partial charge in [-0.25, -0.2) is 0 Å². The maximum absolute atomic E-state index is 4.54. The van der Waals surface area contributed by atoms with Crippen LogP contribution in [0.15, 0.2) is 97.1 Å². The Morgan fingerprint density at radius 1 is 0.337 bits per heavy atom. The maximum atomic E-state index is 4.54. The fourth-order valence-corrected chi connectivity index (χ4v) is 15.4. The average molecular weight is 1140 g/mol. The third kappa shape index (κ3) is 29.1. The van der Waals surface area contributed by atoms with Crippen LogP contribution in [-0.2, 0) is 9.47 Å². The molecule has 2 nitrogen and oxygen atoms in total. The Balaban J connectivity index is 0.000000206. The molecule has 3 spiro atoms. The number of hydrogen-bond donors (Lipinski definition) is 0. The monoisotopic (exact) mass is 1140 g/mol. The summed E-state index contributed by atoms with van der Waals surface area (Å²) in [6, 6.07) is 33.7. The molecular formula is C81H134O2. The van der Waals surface area contributed by atoms with Gasteiger partial charge in [0.05, 0.1) is 0 Å². The molecule has 0 amide bonds. The molecule has 0 N–H and O–H groups in total. The van der Waals surface area contributed by atoms with Crippen molar-refractivity contribution in [3.05, 3.63) is 119 Å². The van der Waals surface area contributed by atoms with Gasteiger partial charge >= 0.3 is 0 Å². The smallest absolute Gasteiger partial charge is 0.0433 e. The average Bonchev–Trinajstić information content (AvgIpc) is 4.12. The number of methoxy groups -OCH3 is 2. The van der Waals surface area contributed by atoms with E-state index in [2.05, 4.69) is 158 Å². The minimum Gasteiger partial charge on any atom is -0.388 e. The highest BCUT2D eigenvalue weighted by atomic mass is 16.5. The second-order valence-corrected chi connectivity index (χ2v) is 30.0. The van der Waals surface area contributed by atoms with Crippen LogP contribution in [0.1, 0.15) is 289 Å². The number of ether oxygens (including phenoxy) is 2. The van der Waals surface area contributed by atoms with Gasteiger partial charge in [-0.2, -0.15) is 0 Å². The molecular weight excluding hydrogens is 1000 g/mol. The Kier molecular flexibility index (Phi) is 34.8. The van der Waals surface area contributed by atoms with E-state index in [0.717, 1.165) is 58.4 Å². The van der Waals surface area contributed by atoms with Crippen LogP contribution >= 0.6 is 0 Å². The van der Waals surface area contributed by atoms with Crippen LogP contribution in [0.5, 0.6) is 0 Å². The van der Waals surface area contributed by atoms with E-state index in [-0.39, 0.29) is 0 Å². The molecule has 83 heavy (non-hydrogen) atoms. The van der Waals surface area contributed by atoms with Gasteiger partial charge < -0.3 is 9.47 Å². The molecule has 0 aromatic heterocycles. The Bertz CT molecular complexity index is 2130. The second-order valence-electron chi connectivity index (χ2n) is 30.0. The summed E-state index contributed by atoms with van der Waals surface area (Å²) in [6.45, 7) is 25.8. The zero-order valence-corrected chi connectivity index (χ0v) is 57.3. The van der Waals surface area contributed by atoms with Crippen molar-refractivity contribution in [1.82, 2.24) is 0 Å². The van der Waals surface area contributed by atoms with Crippen LogP contribution in [0.2, 0.25) is 0 Å². The summed E-state index contributed by atoms with van der Waals surface area (Å²) < 4.78 is 8.79. The molecule has 4 aromatic carbocycles. The Labute approximate surface area is 516 Å². The van der Waals surface area contributed by atoms with Crippen molar-refractivity contribution in [3.8, 4) is 0 Å². The molecule has 0 radical (unpaired) electrons. The lowest BCUT2D eigenvalue weighted by atomic mass is 9.59. The first-order chi connectivity index (χ1) is 39.9. The van der Waals surface area contributed by atoms with Crippen molar-refractivity contribution in [2.75, 3.05) is 27.9 Å². The predicted molar refractivity (Wildman–Crippen MR) is 368 cm³/mol. The van der Waals surface area contributed by atoms with E-state index in [1.165, 1.54) is 174 Å². The molecule has 12 rings (SSSR count). The highest BCUT2D eigenvalue weighted by molar-refractivity contribution is 5.82. The number of benzene rings is 4. The van der Waals surface area contributed by atoms with Gasteiger partial charge in [-0.1, -0.05) is 276 Å². The van der Waals surface area contributed by atoms with Crippen molar-refractivity contribution in [1.29, 1.82) is 0 Å². The molecule has 8 fully saturated rings. The zero-order valence-electron chi connectivity index (χ0n) is 57.3. The van der Waals surface area contributed by atoms with Crippen LogP contribution in [0.25, 0.3) is 10.8 Å². The normalized spacial score (nSPS) is 23.4. The minimum absolute atomic E-state index is 0.647. The van der Waals surface area contributed by atoms with Gasteiger partial charge in [0.2, 0.25) is 0 Å². The fourth-order valence-electron chi connectivity index (χ4n) is 15.4. The molecule has 8 saturated carbocycles. The van der Waals surface area contributed by atoms with Crippen molar-refractivity contribution < 1.29 is 9.47 Å². The highest BCUT2D eigenvalue weighted by Gasteiger charge is 2.40. The molecule has 0 unspecified atom stereocenters. The second kappa shape index (κ2) is 39.8. The van der Waals surface area contributed by atoms with Gasteiger partial charge in [0, 0.05) is 27.9 Å². The largest absolute Gasteiger partial charge is 0.388 e. The maximum Gasteiger partial charge on any atom is 0.0433 e. The first kappa shape index (κ1) is 72.5. The van der Waals surface area contributed by atoms with E-state index in [9.17, 15) is 0 Å². The first-order valence-corrected chi connectivity index (χ1v) is 35.3. The molecule has 4 aromatic rings. The van der Waals surface area contributed by atoms with E-state index in [1.54, 1.807) is 98.4 Å². The van der Waals surface area contributed by atoms with E-state index >= 15 is 0 Å². The molecule has 0 bridgehead atoms. The van der Waals surface area contributed by atoms with Crippen molar-refractivity contribution in [2.24, 2.45) is 57.2 Å². The molecule has 8 aliphatic rings. The topological polar surface area (TPSA) is 18.5 Å². The SMILES string of the molecule is CC1CCC(C2CCCCC2)CC1.CC1CCC2(CC1)CCC(C)(C)CC2.CC1CCC2(CCCC2)CC1.CC1CCC2(CCCCC2)CC1.CCOC.COC.Cc1ccc(C)cc1.Cc1ccc2ccccc2c1.Cc1ccccc1. The van der Waals surface area contributed by atoms with E-state index in [1.807, 2.05) is 25.1 Å². The van der Waals surface area contributed by atoms with Crippen molar-refractivity contribution in [2.45, 2.75) is 294 Å². The molecule has 470 valence electrons. The molecule has 0 atom stereocenters. The van der Waals surface area contributed by atoms with Crippen LogP contribution in [0.3, 0.4) is 0 Å². The molecule has 0 aliphatic heterocycles. The Morgan fingerprint density at radius 3 is 1.06 bits per heavy atom. The lowest BCUT2D eigenvalue weighted by molar-refractivity contribution is 0.0511. The lowest BCUT2D eigenvalue weighted by Crippen LogP contribution is -2.34. The Hall–Kier alpha value is -2.94. The number of fused-ring (bicyclic) bond motifs is 1. The standard InChI is InChI=1S/C14H26.C13H24.C12H22.C11H20.C11H10.C8H10.C7H8.C3H8O.C2H6O/c1-12-4-6-14(7-5-12)10-8-13(2,3)9-11-14;1-11-7-9-13(10-8-11)12-5-3-2-4-6-12;1-11-5-9-12(10-6-11)7-3-2-4-8-12;1-10-4-8-11(9-5-10)6-2-3-7-11;1-9-6-7-10-4-2-3-5-11(10)8-9;1-7-3-5-8(2)6-4-7;1-7-5-3-2-4-6-7;1-3-4-2;1-3-2/h12H,4-11H2,1-3H3;11-13H,2-10H2,1H3;11H,2-10H2,1H3;10H,2-9H2,1H3;2-8H,1H3;3-6H,1-2H3;2-6H,1H3;3H2,1-2H3;1-2H3. The van der Waals surface area contributed by atoms with Crippen LogP contribution < -0.4 is 0 Å². The van der Waals surface area contributed by atoms with Gasteiger partial charge in [0.25, 0.3) is 0 Å². The van der Waals surface area contributed by atoms with Crippen LogP contribution in [0, 0.1) is 84.9 Å². The number of hydrogen-bond acceptors (Lipinski definition) is 2. The third-order valence-corrected chi connectivity index (χ3v) is 22.0. The first-order valence-electron chi connectivity index (χ1n) is 35.3. The minimum atomic E-state index is 0.647. The number of aryl methyl sites for hydroxylation is 4. The van der Waals surface area contributed by atoms with Gasteiger partial charge in [0.1, 0.15) is 0 Å². The summed E-state index contributed by atoms with van der Waals surface area (Å²) in [7, 11) is 4.93. The predicted octanol–water partition coefficient (Wildman–Crippen LogP) is 25.4. The molecule has 0 saturated heterocycles. The van der Waals surface area contributed by atoms with Gasteiger partial charge in [0.15, 0.2) is 0 Å². The molecule has 0 heterocycles. The van der Waals surface area contributed by atoms with E-state index in [4.69, 9.17) is 0 Å². The lowest BCUT2D eigenvalue weighted by Gasteiger charge is -2.47. The van der Waals surface area contributed by atoms with E-state index in [0.29, 0.717) is 5.41 Å². The van der Waals surface area contributed by atoms with Gasteiger partial charge in [-0.05, 0) is 205 Å². The zero-order chi connectivity index (χ0) is 60.4. The summed E-state index contributed by atoms with van der Waals surface area (Å²) >= 11 is 0. The van der Waals surface area contributed by atoms with Crippen LogP contribution in [0.4, 0.5) is 0 Å². The van der Waals surface area contributed by atoms with Gasteiger partial charge in [-0.15, -0.1) is 0 Å². The van der Waals surface area contributed by atoms with Crippen LogP contribution in [-0.4, -0.2) is 27.9 Å². The molecule has 2 heteroatoms. The fraction of sp³-hybridized carbons (Fsp3) is 0.728. The van der Waals surface area contributed by atoms with Gasteiger partial charge in [-0.3, -0.25) is 0 Å². The number of rotatable bonds is 2. The molecule has 8 aliphatic carbocycles. The van der Waals surface area contributed by atoms with Crippen molar-refractivity contribution >= 4 is 10.8 Å². The summed E-state index contributed by atoms with van der Waals surface area (Å²) in [5, 5.41) is 2.64. The summed E-state index contributed by atoms with van der Waals surface area (Å²) in [6.07, 6.45) is 51.9. The summed E-state index contributed by atoms with van der Waals surface area (Å²) in [5.74, 6) is 6.34.